The molecule has 0 aliphatic carbocycles. The molecule has 0 amide bonds. The highest BCUT2D eigenvalue weighted by molar-refractivity contribution is 6.30. The van der Waals surface area contributed by atoms with Gasteiger partial charge < -0.3 is 5.73 Å². The zero-order valence-electron chi connectivity index (χ0n) is 6.76. The van der Waals surface area contributed by atoms with Crippen LogP contribution in [0.2, 0.25) is 5.15 Å². The number of nitrogens with zero attached hydrogens (tertiary/aromatic N) is 1. The van der Waals surface area contributed by atoms with Gasteiger partial charge in [0.2, 0.25) is 0 Å². The van der Waals surface area contributed by atoms with Crippen molar-refractivity contribution in [3.8, 4) is 0 Å². The Morgan fingerprint density at radius 2 is 2.33 bits per heavy atom. The number of nitrogens with one attached hydrogen (secondary N) is 1. The average Bonchev–Trinajstić information content (AvgIpc) is 1.94. The Balaban J connectivity index is 2.93. The van der Waals surface area contributed by atoms with Crippen molar-refractivity contribution in [3.05, 3.63) is 28.5 Å². The molecule has 64 valence electrons. The Kier molecular flexibility index (Phi) is 2.65. The molecule has 0 fully saturated rings. The third kappa shape index (κ3) is 2.20. The van der Waals surface area contributed by atoms with Gasteiger partial charge in [0.25, 0.3) is 0 Å². The van der Waals surface area contributed by atoms with E-state index in [-0.39, 0.29) is 5.84 Å². The van der Waals surface area contributed by atoms with Crippen LogP contribution in [0.1, 0.15) is 11.3 Å². The summed E-state index contributed by atoms with van der Waals surface area (Å²) in [6.45, 7) is 1.86. The Morgan fingerprint density at radius 1 is 1.67 bits per heavy atom. The van der Waals surface area contributed by atoms with Crippen molar-refractivity contribution in [2.24, 2.45) is 5.73 Å². The quantitative estimate of drug-likeness (QED) is 0.415. The third-order valence-electron chi connectivity index (χ3n) is 1.45. The second-order valence-corrected chi connectivity index (χ2v) is 2.96. The van der Waals surface area contributed by atoms with Gasteiger partial charge >= 0.3 is 0 Å². The Bertz CT molecular complexity index is 309. The summed E-state index contributed by atoms with van der Waals surface area (Å²) in [5, 5.41) is 7.51. The first-order chi connectivity index (χ1) is 5.59. The van der Waals surface area contributed by atoms with Gasteiger partial charge in [0.1, 0.15) is 5.15 Å². The second kappa shape index (κ2) is 3.54. The molecule has 0 aromatic carbocycles. The van der Waals surface area contributed by atoms with E-state index in [1.165, 1.54) is 0 Å². The zero-order chi connectivity index (χ0) is 9.14. The van der Waals surface area contributed by atoms with Gasteiger partial charge in [-0.2, -0.15) is 0 Å². The number of amidine groups is 1. The number of nitrogens with two attached hydrogens (primary N) is 1. The molecule has 0 spiro atoms. The van der Waals surface area contributed by atoms with Crippen molar-refractivity contribution in [1.29, 1.82) is 5.41 Å². The summed E-state index contributed by atoms with van der Waals surface area (Å²) in [4.78, 5) is 4.04. The predicted molar refractivity (Wildman–Crippen MR) is 49.6 cm³/mol. The van der Waals surface area contributed by atoms with E-state index in [1.54, 1.807) is 0 Å². The van der Waals surface area contributed by atoms with Crippen molar-refractivity contribution in [2.45, 2.75) is 13.3 Å². The van der Waals surface area contributed by atoms with Crippen LogP contribution in [0.15, 0.2) is 12.1 Å². The van der Waals surface area contributed by atoms with Gasteiger partial charge in [-0.25, -0.2) is 4.98 Å². The van der Waals surface area contributed by atoms with Gasteiger partial charge in [0.05, 0.1) is 5.84 Å². The fourth-order valence-corrected chi connectivity index (χ4v) is 1.15. The van der Waals surface area contributed by atoms with Crippen molar-refractivity contribution in [2.75, 3.05) is 0 Å². The highest BCUT2D eigenvalue weighted by atomic mass is 35.5. The predicted octanol–water partition coefficient (Wildman–Crippen LogP) is 1.52. The molecule has 1 heterocycles. The molecule has 3 nitrogen and oxygen atoms in total. The SMILES string of the molecule is Cc1ccc(CC(=N)N)c(Cl)n1. The smallest absolute Gasteiger partial charge is 0.132 e. The number of hydrogen-bond acceptors (Lipinski definition) is 2. The first-order valence-electron chi connectivity index (χ1n) is 3.54. The lowest BCUT2D eigenvalue weighted by molar-refractivity contribution is 1.13. The van der Waals surface area contributed by atoms with E-state index in [0.717, 1.165) is 11.3 Å². The van der Waals surface area contributed by atoms with Crippen LogP contribution < -0.4 is 5.73 Å². The highest BCUT2D eigenvalue weighted by Gasteiger charge is 2.02. The molecule has 0 aliphatic rings. The van der Waals surface area contributed by atoms with Crippen LogP contribution in [-0.4, -0.2) is 10.8 Å². The van der Waals surface area contributed by atoms with Gasteiger partial charge in [-0.3, -0.25) is 5.41 Å². The van der Waals surface area contributed by atoms with E-state index >= 15 is 0 Å². The fraction of sp³-hybridized carbons (Fsp3) is 0.250. The molecular formula is C8H10ClN3. The Morgan fingerprint density at radius 3 is 2.83 bits per heavy atom. The lowest BCUT2D eigenvalue weighted by atomic mass is 10.2. The molecule has 12 heavy (non-hydrogen) atoms. The summed E-state index contributed by atoms with van der Waals surface area (Å²) in [6, 6.07) is 3.69. The summed E-state index contributed by atoms with van der Waals surface area (Å²) in [5.74, 6) is 0.0996. The standard InChI is InChI=1S/C8H10ClN3/c1-5-2-3-6(4-7(10)11)8(9)12-5/h2-3H,4H2,1H3,(H3,10,11). The minimum atomic E-state index is 0.0996. The highest BCUT2D eigenvalue weighted by Crippen LogP contribution is 2.13. The summed E-state index contributed by atoms with van der Waals surface area (Å²) in [7, 11) is 0. The molecule has 3 N–H and O–H groups in total. The molecule has 1 aromatic rings. The zero-order valence-corrected chi connectivity index (χ0v) is 7.52. The van der Waals surface area contributed by atoms with Crippen LogP contribution in [0.5, 0.6) is 0 Å². The number of rotatable bonds is 2. The lowest BCUT2D eigenvalue weighted by Gasteiger charge is -2.02. The minimum Gasteiger partial charge on any atom is -0.387 e. The molecule has 4 heteroatoms. The first-order valence-corrected chi connectivity index (χ1v) is 3.92. The molecule has 0 radical (unpaired) electrons. The van der Waals surface area contributed by atoms with E-state index in [0.29, 0.717) is 11.6 Å². The van der Waals surface area contributed by atoms with E-state index in [2.05, 4.69) is 4.98 Å². The van der Waals surface area contributed by atoms with E-state index in [4.69, 9.17) is 22.7 Å². The summed E-state index contributed by atoms with van der Waals surface area (Å²) in [5.41, 5.74) is 6.90. The molecular weight excluding hydrogens is 174 g/mol. The summed E-state index contributed by atoms with van der Waals surface area (Å²) >= 11 is 5.81. The summed E-state index contributed by atoms with van der Waals surface area (Å²) in [6.07, 6.45) is 0.367. The van der Waals surface area contributed by atoms with Crippen molar-refractivity contribution in [3.63, 3.8) is 0 Å². The van der Waals surface area contributed by atoms with E-state index in [9.17, 15) is 0 Å². The average molecular weight is 184 g/mol. The molecule has 0 atom stereocenters. The normalized spacial score (nSPS) is 9.83. The van der Waals surface area contributed by atoms with Crippen LogP contribution in [0.4, 0.5) is 0 Å². The van der Waals surface area contributed by atoms with Crippen molar-refractivity contribution >= 4 is 17.4 Å². The maximum atomic E-state index is 7.07. The molecule has 0 unspecified atom stereocenters. The summed E-state index contributed by atoms with van der Waals surface area (Å²) < 4.78 is 0. The third-order valence-corrected chi connectivity index (χ3v) is 1.77. The van der Waals surface area contributed by atoms with Crippen molar-refractivity contribution < 1.29 is 0 Å². The number of hydrogen-bond donors (Lipinski definition) is 2. The number of aryl methyl sites for hydroxylation is 1. The maximum Gasteiger partial charge on any atom is 0.132 e. The molecule has 0 aliphatic heterocycles. The van der Waals surface area contributed by atoms with Crippen LogP contribution in [0, 0.1) is 12.3 Å². The molecule has 0 bridgehead atoms. The van der Waals surface area contributed by atoms with Crippen molar-refractivity contribution in [1.82, 2.24) is 4.98 Å². The molecule has 1 aromatic heterocycles. The number of halogens is 1. The van der Waals surface area contributed by atoms with Gasteiger partial charge in [-0.1, -0.05) is 17.7 Å². The van der Waals surface area contributed by atoms with E-state index in [1.807, 2.05) is 19.1 Å². The van der Waals surface area contributed by atoms with Gasteiger partial charge in [0.15, 0.2) is 0 Å². The minimum absolute atomic E-state index is 0.0996. The number of pyridine rings is 1. The van der Waals surface area contributed by atoms with Crippen LogP contribution in [0.3, 0.4) is 0 Å². The second-order valence-electron chi connectivity index (χ2n) is 2.60. The van der Waals surface area contributed by atoms with Gasteiger partial charge in [0, 0.05) is 12.1 Å². The largest absolute Gasteiger partial charge is 0.387 e. The lowest BCUT2D eigenvalue weighted by Crippen LogP contribution is -2.13. The fourth-order valence-electron chi connectivity index (χ4n) is 0.891. The number of aromatic nitrogens is 1. The van der Waals surface area contributed by atoms with E-state index < -0.39 is 0 Å². The molecule has 0 saturated carbocycles. The molecule has 0 saturated heterocycles. The topological polar surface area (TPSA) is 62.8 Å². The van der Waals surface area contributed by atoms with Crippen LogP contribution in [-0.2, 0) is 6.42 Å². The first kappa shape index (κ1) is 9.00. The van der Waals surface area contributed by atoms with Crippen LogP contribution >= 0.6 is 11.6 Å². The molecule has 1 rings (SSSR count). The Labute approximate surface area is 76.1 Å². The Hall–Kier alpha value is -1.09. The van der Waals surface area contributed by atoms with Crippen LogP contribution in [0.25, 0.3) is 0 Å². The monoisotopic (exact) mass is 183 g/mol. The van der Waals surface area contributed by atoms with Gasteiger partial charge in [-0.05, 0) is 18.6 Å². The maximum absolute atomic E-state index is 7.07. The van der Waals surface area contributed by atoms with Gasteiger partial charge in [-0.15, -0.1) is 0 Å².